The predicted molar refractivity (Wildman–Crippen MR) is 103 cm³/mol. The van der Waals surface area contributed by atoms with Crippen molar-refractivity contribution in [2.24, 2.45) is 0 Å². The molecule has 0 heterocycles. The summed E-state index contributed by atoms with van der Waals surface area (Å²) in [6.07, 6.45) is -1.06. The molecular formula is C21H27NO5. The topological polar surface area (TPSA) is 99.0 Å². The van der Waals surface area contributed by atoms with Crippen LogP contribution in [0.3, 0.4) is 0 Å². The van der Waals surface area contributed by atoms with Crippen molar-refractivity contribution in [1.82, 2.24) is 5.32 Å². The molecule has 0 fully saturated rings. The Morgan fingerprint density at radius 1 is 1.07 bits per heavy atom. The summed E-state index contributed by atoms with van der Waals surface area (Å²) in [5, 5.41) is 32.8. The van der Waals surface area contributed by atoms with Crippen molar-refractivity contribution in [2.75, 3.05) is 13.2 Å². The average molecular weight is 373 g/mol. The van der Waals surface area contributed by atoms with Gasteiger partial charge >= 0.3 is 0 Å². The third kappa shape index (κ3) is 6.36. The number of hydrogen-bond acceptors (Lipinski definition) is 6. The Morgan fingerprint density at radius 2 is 1.70 bits per heavy atom. The Balaban J connectivity index is 1.76. The molecule has 2 aromatic rings. The van der Waals surface area contributed by atoms with E-state index in [1.54, 1.807) is 36.4 Å². The largest absolute Gasteiger partial charge is 0.508 e. The quantitative estimate of drug-likeness (QED) is 0.478. The van der Waals surface area contributed by atoms with Gasteiger partial charge in [0, 0.05) is 24.6 Å². The maximum atomic E-state index is 11.6. The number of phenolic OH excluding ortho intramolecular Hbond substituents is 1. The van der Waals surface area contributed by atoms with Crippen molar-refractivity contribution in [3.8, 4) is 11.5 Å². The molecule has 146 valence electrons. The molecule has 0 saturated carbocycles. The molecule has 2 rings (SSSR count). The normalized spacial score (nSPS) is 14.4. The summed E-state index contributed by atoms with van der Waals surface area (Å²) < 4.78 is 5.54. The van der Waals surface area contributed by atoms with Crippen molar-refractivity contribution in [3.05, 3.63) is 59.7 Å². The van der Waals surface area contributed by atoms with Crippen LogP contribution < -0.4 is 10.1 Å². The van der Waals surface area contributed by atoms with Crippen molar-refractivity contribution in [1.29, 1.82) is 0 Å². The van der Waals surface area contributed by atoms with Gasteiger partial charge in [0.1, 0.15) is 24.2 Å². The number of ketones is 1. The van der Waals surface area contributed by atoms with Crippen LogP contribution in [0.15, 0.2) is 48.5 Å². The van der Waals surface area contributed by atoms with Gasteiger partial charge in [0.25, 0.3) is 0 Å². The monoisotopic (exact) mass is 373 g/mol. The lowest BCUT2D eigenvalue weighted by molar-refractivity contribution is 0.0875. The fourth-order valence-corrected chi connectivity index (χ4v) is 2.59. The highest BCUT2D eigenvalue weighted by atomic mass is 16.5. The smallest absolute Gasteiger partial charge is 0.162 e. The van der Waals surface area contributed by atoms with Gasteiger partial charge < -0.3 is 25.4 Å². The van der Waals surface area contributed by atoms with Crippen LogP contribution in [-0.4, -0.2) is 46.4 Å². The second-order valence-electron chi connectivity index (χ2n) is 6.50. The van der Waals surface area contributed by atoms with Crippen LogP contribution in [-0.2, 0) is 0 Å². The van der Waals surface area contributed by atoms with Gasteiger partial charge in [-0.05, 0) is 48.9 Å². The van der Waals surface area contributed by atoms with Crippen molar-refractivity contribution in [2.45, 2.75) is 38.5 Å². The van der Waals surface area contributed by atoms with Crippen molar-refractivity contribution < 1.29 is 24.9 Å². The number of aromatic hydroxyl groups is 1. The molecule has 0 radical (unpaired) electrons. The van der Waals surface area contributed by atoms with Crippen LogP contribution in [0.25, 0.3) is 0 Å². The summed E-state index contributed by atoms with van der Waals surface area (Å²) >= 11 is 0. The third-order valence-corrected chi connectivity index (χ3v) is 4.32. The first kappa shape index (κ1) is 20.9. The number of ether oxygens (including phenoxy) is 1. The Hall–Kier alpha value is -2.41. The Morgan fingerprint density at radius 3 is 2.30 bits per heavy atom. The highest BCUT2D eigenvalue weighted by molar-refractivity contribution is 5.95. The van der Waals surface area contributed by atoms with Gasteiger partial charge in [-0.25, -0.2) is 0 Å². The number of nitrogens with one attached hydrogen (secondary N) is 1. The summed E-state index contributed by atoms with van der Waals surface area (Å²) in [4.78, 5) is 11.6. The zero-order valence-corrected chi connectivity index (χ0v) is 15.6. The van der Waals surface area contributed by atoms with E-state index < -0.39 is 12.2 Å². The molecule has 3 atom stereocenters. The highest BCUT2D eigenvalue weighted by Gasteiger charge is 2.17. The maximum absolute atomic E-state index is 11.6. The minimum Gasteiger partial charge on any atom is -0.508 e. The van der Waals surface area contributed by atoms with Gasteiger partial charge in [-0.2, -0.15) is 0 Å². The number of aliphatic hydroxyl groups is 2. The SMILES string of the molecule is CCC(=O)c1ccc(OC[C@H](O)CN[C@H](C)[C@H](O)c2ccc(O)cc2)cc1. The first-order valence-electron chi connectivity index (χ1n) is 9.05. The summed E-state index contributed by atoms with van der Waals surface area (Å²) in [7, 11) is 0. The number of carbonyl (C=O) groups is 1. The van der Waals surface area contributed by atoms with Gasteiger partial charge in [-0.1, -0.05) is 19.1 Å². The van der Waals surface area contributed by atoms with Gasteiger partial charge in [0.2, 0.25) is 0 Å². The van der Waals surface area contributed by atoms with Crippen LogP contribution in [0.4, 0.5) is 0 Å². The zero-order valence-electron chi connectivity index (χ0n) is 15.6. The molecule has 0 aliphatic heterocycles. The summed E-state index contributed by atoms with van der Waals surface area (Å²) in [6.45, 7) is 3.98. The molecule has 0 bridgehead atoms. The second-order valence-corrected chi connectivity index (χ2v) is 6.50. The molecule has 0 amide bonds. The van der Waals surface area contributed by atoms with E-state index in [4.69, 9.17) is 4.74 Å². The first-order chi connectivity index (χ1) is 12.9. The van der Waals surface area contributed by atoms with Crippen LogP contribution in [0.1, 0.15) is 42.3 Å². The number of Topliss-reactive ketones (excluding diaryl/α,β-unsaturated/α-hetero) is 1. The van der Waals surface area contributed by atoms with Crippen LogP contribution >= 0.6 is 0 Å². The van der Waals surface area contributed by atoms with Crippen LogP contribution in [0.5, 0.6) is 11.5 Å². The minimum absolute atomic E-state index is 0.0759. The lowest BCUT2D eigenvalue weighted by Gasteiger charge is -2.22. The van der Waals surface area contributed by atoms with E-state index in [2.05, 4.69) is 5.32 Å². The Bertz CT molecular complexity index is 714. The van der Waals surface area contributed by atoms with E-state index in [0.29, 0.717) is 23.3 Å². The van der Waals surface area contributed by atoms with Gasteiger partial charge in [0.05, 0.1) is 6.10 Å². The van der Waals surface area contributed by atoms with Crippen LogP contribution in [0, 0.1) is 0 Å². The van der Waals surface area contributed by atoms with Crippen molar-refractivity contribution >= 4 is 5.78 Å². The maximum Gasteiger partial charge on any atom is 0.162 e. The summed E-state index contributed by atoms with van der Waals surface area (Å²) in [5.74, 6) is 0.803. The van der Waals surface area contributed by atoms with E-state index in [9.17, 15) is 20.1 Å². The minimum atomic E-state index is -0.762. The molecule has 6 nitrogen and oxygen atoms in total. The molecule has 0 aliphatic carbocycles. The molecule has 27 heavy (non-hydrogen) atoms. The first-order valence-corrected chi connectivity index (χ1v) is 9.05. The fourth-order valence-electron chi connectivity index (χ4n) is 2.59. The molecular weight excluding hydrogens is 346 g/mol. The number of hydrogen-bond donors (Lipinski definition) is 4. The number of carbonyl (C=O) groups excluding carboxylic acids is 1. The van der Waals surface area contributed by atoms with E-state index >= 15 is 0 Å². The lowest BCUT2D eigenvalue weighted by atomic mass is 10.0. The molecule has 0 aromatic heterocycles. The highest BCUT2D eigenvalue weighted by Crippen LogP contribution is 2.19. The molecule has 2 aromatic carbocycles. The van der Waals surface area contributed by atoms with E-state index in [-0.39, 0.29) is 30.7 Å². The number of phenols is 1. The van der Waals surface area contributed by atoms with Crippen LogP contribution in [0.2, 0.25) is 0 Å². The van der Waals surface area contributed by atoms with E-state index in [1.165, 1.54) is 12.1 Å². The van der Waals surface area contributed by atoms with E-state index in [0.717, 1.165) is 0 Å². The number of aliphatic hydroxyl groups excluding tert-OH is 2. The average Bonchev–Trinajstić information content (AvgIpc) is 2.70. The second kappa shape index (κ2) is 10.1. The molecule has 0 unspecified atom stereocenters. The molecule has 0 spiro atoms. The fraction of sp³-hybridized carbons (Fsp3) is 0.381. The molecule has 0 aliphatic rings. The van der Waals surface area contributed by atoms with Crippen molar-refractivity contribution in [3.63, 3.8) is 0 Å². The van der Waals surface area contributed by atoms with Gasteiger partial charge in [0.15, 0.2) is 5.78 Å². The Kier molecular flexibility index (Phi) is 7.79. The predicted octanol–water partition coefficient (Wildman–Crippen LogP) is 2.44. The summed E-state index contributed by atoms with van der Waals surface area (Å²) in [6, 6.07) is 12.9. The van der Waals surface area contributed by atoms with Gasteiger partial charge in [-0.15, -0.1) is 0 Å². The Labute approximate surface area is 159 Å². The molecule has 0 saturated heterocycles. The van der Waals surface area contributed by atoms with E-state index in [1.807, 2.05) is 13.8 Å². The number of benzene rings is 2. The lowest BCUT2D eigenvalue weighted by Crippen LogP contribution is -2.39. The zero-order chi connectivity index (χ0) is 19.8. The molecule has 4 N–H and O–H groups in total. The van der Waals surface area contributed by atoms with Gasteiger partial charge in [-0.3, -0.25) is 4.79 Å². The summed E-state index contributed by atoms with van der Waals surface area (Å²) in [5.41, 5.74) is 1.32. The number of rotatable bonds is 10. The third-order valence-electron chi connectivity index (χ3n) is 4.32. The molecule has 6 heteroatoms. The standard InChI is InChI=1S/C21H27NO5/c1-3-20(25)15-6-10-19(11-7-15)27-13-18(24)12-22-14(2)21(26)16-4-8-17(23)9-5-16/h4-11,14,18,21-24,26H,3,12-13H2,1-2H3/t14-,18-,21+/m1/s1.